The minimum atomic E-state index is -0.418. The molecule has 0 atom stereocenters. The first-order chi connectivity index (χ1) is 17.5. The number of hydrogen-bond donors (Lipinski definition) is 0. The van der Waals surface area contributed by atoms with Crippen molar-refractivity contribution < 1.29 is 13.8 Å². The lowest BCUT2D eigenvalue weighted by atomic mass is 9.98. The van der Waals surface area contributed by atoms with Crippen molar-refractivity contribution in [1.82, 2.24) is 0 Å². The van der Waals surface area contributed by atoms with E-state index in [-0.39, 0.29) is 11.6 Å². The van der Waals surface area contributed by atoms with Gasteiger partial charge < -0.3 is 8.83 Å². The average Bonchev–Trinajstić information content (AvgIpc) is 3.53. The number of rotatable bonds is 6. The van der Waals surface area contributed by atoms with Gasteiger partial charge in [-0.15, -0.1) is 0 Å². The van der Waals surface area contributed by atoms with Gasteiger partial charge in [-0.25, -0.2) is 4.99 Å². The molecule has 2 heterocycles. The van der Waals surface area contributed by atoms with Gasteiger partial charge >= 0.3 is 0 Å². The fourth-order valence-electron chi connectivity index (χ4n) is 3.95. The third-order valence-electron chi connectivity index (χ3n) is 5.73. The molecule has 7 heteroatoms. The number of nitrogens with zero attached hydrogens (tertiary/aromatic N) is 3. The number of hydrogen-bond acceptors (Lipinski definition) is 6. The van der Waals surface area contributed by atoms with Crippen LogP contribution in [0.1, 0.15) is 16.9 Å². The zero-order valence-corrected chi connectivity index (χ0v) is 19.2. The summed E-state index contributed by atoms with van der Waals surface area (Å²) in [6.45, 7) is 1.69. The number of nitriles is 1. The van der Waals surface area contributed by atoms with E-state index in [0.717, 1.165) is 11.1 Å². The summed E-state index contributed by atoms with van der Waals surface area (Å²) in [5, 5.41) is 21.3. The van der Waals surface area contributed by atoms with Crippen molar-refractivity contribution in [3.05, 3.63) is 118 Å². The summed E-state index contributed by atoms with van der Waals surface area (Å²) in [5.41, 5.74) is 3.84. The van der Waals surface area contributed by atoms with Crippen molar-refractivity contribution in [2.24, 2.45) is 4.99 Å². The third kappa shape index (κ3) is 4.31. The number of nitro groups is 1. The van der Waals surface area contributed by atoms with E-state index in [4.69, 9.17) is 8.83 Å². The van der Waals surface area contributed by atoms with Crippen molar-refractivity contribution in [2.75, 3.05) is 0 Å². The Hall–Kier alpha value is -5.22. The Morgan fingerprint density at radius 2 is 1.58 bits per heavy atom. The minimum absolute atomic E-state index is 0.0234. The summed E-state index contributed by atoms with van der Waals surface area (Å²) >= 11 is 0. The fourth-order valence-corrected chi connectivity index (χ4v) is 3.95. The predicted octanol–water partition coefficient (Wildman–Crippen LogP) is 7.71. The van der Waals surface area contributed by atoms with Crippen LogP contribution in [-0.4, -0.2) is 11.1 Å². The summed E-state index contributed by atoms with van der Waals surface area (Å²) in [6.07, 6.45) is 1.47. The van der Waals surface area contributed by atoms with Gasteiger partial charge in [0.25, 0.3) is 5.69 Å². The van der Waals surface area contributed by atoms with E-state index in [9.17, 15) is 15.4 Å². The smallest absolute Gasteiger partial charge is 0.273 e. The third-order valence-corrected chi connectivity index (χ3v) is 5.73. The summed E-state index contributed by atoms with van der Waals surface area (Å²) in [6, 6.07) is 29.7. The topological polar surface area (TPSA) is 106 Å². The average molecular weight is 473 g/mol. The molecule has 0 fully saturated rings. The van der Waals surface area contributed by atoms with E-state index in [2.05, 4.69) is 11.1 Å². The molecule has 0 saturated heterocycles. The molecule has 174 valence electrons. The standard InChI is InChI=1S/C29H19N3O4/c1-19-12-13-22(16-25(19)32(33)34)26-15-14-23(35-26)18-31-29-24(17-30)27(20-8-4-2-5-9-20)28(36-29)21-10-6-3-7-11-21/h2-16,18H,1H3. The quantitative estimate of drug-likeness (QED) is 0.143. The Kier molecular flexibility index (Phi) is 6.00. The molecule has 0 aliphatic rings. The predicted molar refractivity (Wildman–Crippen MR) is 137 cm³/mol. The van der Waals surface area contributed by atoms with Crippen molar-refractivity contribution in [2.45, 2.75) is 6.92 Å². The van der Waals surface area contributed by atoms with Crippen molar-refractivity contribution in [3.63, 3.8) is 0 Å². The number of benzene rings is 3. The molecule has 3 aromatic carbocycles. The number of aliphatic imine (C=N–C) groups is 1. The maximum atomic E-state index is 11.3. The van der Waals surface area contributed by atoms with Crippen LogP contribution in [0.2, 0.25) is 0 Å². The minimum Gasteiger partial charge on any atom is -0.455 e. The molecule has 0 amide bonds. The second-order valence-electron chi connectivity index (χ2n) is 8.05. The van der Waals surface area contributed by atoms with Gasteiger partial charge in [0.1, 0.15) is 28.9 Å². The molecule has 0 saturated carbocycles. The van der Waals surface area contributed by atoms with Crippen LogP contribution in [0.5, 0.6) is 0 Å². The van der Waals surface area contributed by atoms with Gasteiger partial charge in [0.15, 0.2) is 0 Å². The van der Waals surface area contributed by atoms with Crippen molar-refractivity contribution in [1.29, 1.82) is 5.26 Å². The molecule has 2 aromatic heterocycles. The molecule has 0 aliphatic carbocycles. The van der Waals surface area contributed by atoms with Crippen LogP contribution in [0.25, 0.3) is 33.8 Å². The van der Waals surface area contributed by atoms with E-state index in [1.54, 1.807) is 31.2 Å². The Labute approximate surface area is 206 Å². The first kappa shape index (κ1) is 22.6. The van der Waals surface area contributed by atoms with Gasteiger partial charge in [-0.2, -0.15) is 5.26 Å². The van der Waals surface area contributed by atoms with Crippen molar-refractivity contribution >= 4 is 17.8 Å². The molecule has 7 nitrogen and oxygen atoms in total. The highest BCUT2D eigenvalue weighted by Crippen LogP contribution is 2.42. The van der Waals surface area contributed by atoms with E-state index in [1.807, 2.05) is 60.7 Å². The Bertz CT molecular complexity index is 1620. The monoisotopic (exact) mass is 473 g/mol. The summed E-state index contributed by atoms with van der Waals surface area (Å²) in [7, 11) is 0. The van der Waals surface area contributed by atoms with Gasteiger partial charge in [0, 0.05) is 28.3 Å². The molecule has 0 radical (unpaired) electrons. The normalized spacial score (nSPS) is 11.0. The van der Waals surface area contributed by atoms with Crippen LogP contribution in [0.4, 0.5) is 11.6 Å². The number of aryl methyl sites for hydroxylation is 1. The fraction of sp³-hybridized carbons (Fsp3) is 0.0345. The molecule has 0 spiro atoms. The maximum absolute atomic E-state index is 11.3. The first-order valence-corrected chi connectivity index (χ1v) is 11.1. The van der Waals surface area contributed by atoms with Gasteiger partial charge in [-0.1, -0.05) is 72.8 Å². The highest BCUT2D eigenvalue weighted by atomic mass is 16.6. The Balaban J connectivity index is 1.53. The van der Waals surface area contributed by atoms with Crippen LogP contribution in [0.15, 0.2) is 105 Å². The van der Waals surface area contributed by atoms with E-state index in [1.165, 1.54) is 12.3 Å². The molecular formula is C29H19N3O4. The van der Waals surface area contributed by atoms with Crippen LogP contribution in [-0.2, 0) is 0 Å². The number of furan rings is 2. The van der Waals surface area contributed by atoms with Crippen molar-refractivity contribution in [3.8, 4) is 39.8 Å². The van der Waals surface area contributed by atoms with Crippen LogP contribution in [0, 0.1) is 28.4 Å². The summed E-state index contributed by atoms with van der Waals surface area (Å²) in [4.78, 5) is 15.3. The largest absolute Gasteiger partial charge is 0.455 e. The molecule has 0 bridgehead atoms. The molecular weight excluding hydrogens is 454 g/mol. The van der Waals surface area contributed by atoms with Gasteiger partial charge in [0.05, 0.1) is 11.1 Å². The number of nitro benzene ring substituents is 1. The Morgan fingerprint density at radius 3 is 2.25 bits per heavy atom. The SMILES string of the molecule is Cc1ccc(-c2ccc(C=Nc3oc(-c4ccccc4)c(-c4ccccc4)c3C#N)o2)cc1[N+](=O)[O-]. The summed E-state index contributed by atoms with van der Waals surface area (Å²) in [5.74, 6) is 1.60. The van der Waals surface area contributed by atoms with Gasteiger partial charge in [-0.05, 0) is 24.6 Å². The van der Waals surface area contributed by atoms with Crippen LogP contribution in [0.3, 0.4) is 0 Å². The maximum Gasteiger partial charge on any atom is 0.273 e. The second-order valence-corrected chi connectivity index (χ2v) is 8.05. The van der Waals surface area contributed by atoms with E-state index in [0.29, 0.717) is 39.5 Å². The molecule has 36 heavy (non-hydrogen) atoms. The molecule has 5 aromatic rings. The second kappa shape index (κ2) is 9.57. The molecule has 5 rings (SSSR count). The van der Waals surface area contributed by atoms with E-state index >= 15 is 0 Å². The first-order valence-electron chi connectivity index (χ1n) is 11.1. The summed E-state index contributed by atoms with van der Waals surface area (Å²) < 4.78 is 12.0. The zero-order valence-electron chi connectivity index (χ0n) is 19.2. The molecule has 0 unspecified atom stereocenters. The van der Waals surface area contributed by atoms with Crippen LogP contribution >= 0.6 is 0 Å². The lowest BCUT2D eigenvalue weighted by Gasteiger charge is -2.03. The molecule has 0 N–H and O–H groups in total. The molecule has 0 aliphatic heterocycles. The van der Waals surface area contributed by atoms with Gasteiger partial charge in [0.2, 0.25) is 5.88 Å². The van der Waals surface area contributed by atoms with E-state index < -0.39 is 4.92 Å². The van der Waals surface area contributed by atoms with Gasteiger partial charge in [-0.3, -0.25) is 10.1 Å². The Morgan fingerprint density at radius 1 is 0.889 bits per heavy atom. The highest BCUT2D eigenvalue weighted by Gasteiger charge is 2.22. The lowest BCUT2D eigenvalue weighted by molar-refractivity contribution is -0.385. The highest BCUT2D eigenvalue weighted by molar-refractivity contribution is 5.89. The lowest BCUT2D eigenvalue weighted by Crippen LogP contribution is -1.91. The van der Waals surface area contributed by atoms with Crippen LogP contribution < -0.4 is 0 Å². The zero-order chi connectivity index (χ0) is 25.1.